The molecule has 8 heteroatoms. The van der Waals surface area contributed by atoms with Crippen molar-refractivity contribution < 1.29 is 22.7 Å². The minimum atomic E-state index is -3.86. The summed E-state index contributed by atoms with van der Waals surface area (Å²) in [5.74, 6) is 0.235. The molecular formula is C18H20N2O5S. The van der Waals surface area contributed by atoms with Crippen LogP contribution >= 0.6 is 0 Å². The summed E-state index contributed by atoms with van der Waals surface area (Å²) in [5, 5.41) is 0. The van der Waals surface area contributed by atoms with Crippen molar-refractivity contribution in [2.75, 3.05) is 14.2 Å². The maximum atomic E-state index is 12.4. The van der Waals surface area contributed by atoms with Crippen molar-refractivity contribution in [3.8, 4) is 11.5 Å². The van der Waals surface area contributed by atoms with E-state index >= 15 is 0 Å². The molecule has 0 bridgehead atoms. The van der Waals surface area contributed by atoms with Gasteiger partial charge in [-0.15, -0.1) is 4.83 Å². The van der Waals surface area contributed by atoms with Crippen LogP contribution in [0.3, 0.4) is 0 Å². The largest absolute Gasteiger partial charge is 0.497 e. The summed E-state index contributed by atoms with van der Waals surface area (Å²) in [5.41, 5.74) is 4.64. The molecule has 2 aromatic carbocycles. The van der Waals surface area contributed by atoms with E-state index in [1.807, 2.05) is 6.07 Å². The van der Waals surface area contributed by atoms with Gasteiger partial charge in [-0.2, -0.15) is 0 Å². The summed E-state index contributed by atoms with van der Waals surface area (Å²) in [4.78, 5) is 14.6. The van der Waals surface area contributed by atoms with Gasteiger partial charge in [0.15, 0.2) is 0 Å². The Bertz CT molecular complexity index is 918. The van der Waals surface area contributed by atoms with Crippen molar-refractivity contribution in [2.24, 2.45) is 0 Å². The molecule has 0 atom stereocenters. The van der Waals surface area contributed by atoms with Crippen LogP contribution in [0, 0.1) is 0 Å². The fourth-order valence-electron chi connectivity index (χ4n) is 2.90. The molecule has 0 radical (unpaired) electrons. The van der Waals surface area contributed by atoms with Crippen molar-refractivity contribution >= 4 is 15.9 Å². The standard InChI is InChI=1S/C18H20N2O5S/c1-24-15-8-14(9-16(11-15)25-2)18(21)19-20-26(22,23)17-7-6-12-4-3-5-13(12)10-17/h6-11,20H,3-5H2,1-2H3,(H,19,21). The molecule has 3 rings (SSSR count). The van der Waals surface area contributed by atoms with Gasteiger partial charge in [0.2, 0.25) is 0 Å². The molecule has 0 spiro atoms. The van der Waals surface area contributed by atoms with Crippen molar-refractivity contribution in [1.82, 2.24) is 10.3 Å². The van der Waals surface area contributed by atoms with Crippen LogP contribution in [0.15, 0.2) is 41.3 Å². The molecular weight excluding hydrogens is 356 g/mol. The number of hydrogen-bond acceptors (Lipinski definition) is 5. The highest BCUT2D eigenvalue weighted by Gasteiger charge is 2.19. The number of carbonyl (C=O) groups excluding carboxylic acids is 1. The summed E-state index contributed by atoms with van der Waals surface area (Å²) in [7, 11) is -0.930. The van der Waals surface area contributed by atoms with E-state index in [1.165, 1.54) is 31.9 Å². The normalized spacial score (nSPS) is 13.2. The SMILES string of the molecule is COc1cc(OC)cc(C(=O)NNS(=O)(=O)c2ccc3c(c2)CCC3)c1. The van der Waals surface area contributed by atoms with Crippen LogP contribution in [0.2, 0.25) is 0 Å². The summed E-state index contributed by atoms with van der Waals surface area (Å²) in [6.07, 6.45) is 2.87. The summed E-state index contributed by atoms with van der Waals surface area (Å²) < 4.78 is 35.1. The number of amides is 1. The minimum Gasteiger partial charge on any atom is -0.497 e. The van der Waals surface area contributed by atoms with E-state index in [2.05, 4.69) is 10.3 Å². The summed E-state index contributed by atoms with van der Waals surface area (Å²) in [6, 6.07) is 9.62. The second-order valence-electron chi connectivity index (χ2n) is 5.95. The molecule has 2 aromatic rings. The van der Waals surface area contributed by atoms with Crippen molar-refractivity contribution in [2.45, 2.75) is 24.2 Å². The van der Waals surface area contributed by atoms with E-state index in [4.69, 9.17) is 9.47 Å². The van der Waals surface area contributed by atoms with Crippen LogP contribution in [0.25, 0.3) is 0 Å². The third-order valence-corrected chi connectivity index (χ3v) is 5.54. The van der Waals surface area contributed by atoms with Crippen LogP contribution in [0.5, 0.6) is 11.5 Å². The van der Waals surface area contributed by atoms with Crippen LogP contribution in [0.1, 0.15) is 27.9 Å². The first-order chi connectivity index (χ1) is 12.4. The lowest BCUT2D eigenvalue weighted by Gasteiger charge is -2.11. The van der Waals surface area contributed by atoms with Gasteiger partial charge in [0.1, 0.15) is 11.5 Å². The third-order valence-electron chi connectivity index (χ3n) is 4.29. The number of fused-ring (bicyclic) bond motifs is 1. The van der Waals surface area contributed by atoms with Crippen molar-refractivity contribution in [3.05, 3.63) is 53.1 Å². The topological polar surface area (TPSA) is 93.7 Å². The molecule has 1 aliphatic carbocycles. The first-order valence-corrected chi connectivity index (χ1v) is 9.58. The molecule has 1 amide bonds. The lowest BCUT2D eigenvalue weighted by Crippen LogP contribution is -2.41. The van der Waals surface area contributed by atoms with E-state index in [0.717, 1.165) is 24.8 Å². The lowest BCUT2D eigenvalue weighted by molar-refractivity contribution is 0.0944. The number of rotatable bonds is 6. The Labute approximate surface area is 152 Å². The maximum Gasteiger partial charge on any atom is 0.266 e. The van der Waals surface area contributed by atoms with Gasteiger partial charge in [0.05, 0.1) is 19.1 Å². The number of benzene rings is 2. The molecule has 0 saturated heterocycles. The van der Waals surface area contributed by atoms with Gasteiger partial charge in [-0.3, -0.25) is 10.2 Å². The van der Waals surface area contributed by atoms with Gasteiger partial charge in [-0.05, 0) is 54.7 Å². The quantitative estimate of drug-likeness (QED) is 0.750. The molecule has 1 aliphatic rings. The molecule has 0 saturated carbocycles. The number of hydrogen-bond donors (Lipinski definition) is 2. The maximum absolute atomic E-state index is 12.4. The molecule has 7 nitrogen and oxygen atoms in total. The average molecular weight is 376 g/mol. The number of carbonyl (C=O) groups is 1. The molecule has 2 N–H and O–H groups in total. The highest BCUT2D eigenvalue weighted by atomic mass is 32.2. The average Bonchev–Trinajstić information content (AvgIpc) is 3.13. The number of ether oxygens (including phenoxy) is 2. The van der Waals surface area contributed by atoms with Crippen molar-refractivity contribution in [3.63, 3.8) is 0 Å². The van der Waals surface area contributed by atoms with Crippen LogP contribution in [0.4, 0.5) is 0 Å². The minimum absolute atomic E-state index is 0.127. The zero-order valence-corrected chi connectivity index (χ0v) is 15.4. The smallest absolute Gasteiger partial charge is 0.266 e. The Hall–Kier alpha value is -2.58. The van der Waals surface area contributed by atoms with Gasteiger partial charge >= 0.3 is 0 Å². The Balaban J connectivity index is 1.74. The third kappa shape index (κ3) is 3.81. The molecule has 0 aromatic heterocycles. The van der Waals surface area contributed by atoms with Crippen molar-refractivity contribution in [1.29, 1.82) is 0 Å². The summed E-state index contributed by atoms with van der Waals surface area (Å²) in [6.45, 7) is 0. The Morgan fingerprint density at radius 2 is 1.62 bits per heavy atom. The number of sulfonamides is 1. The molecule has 0 unspecified atom stereocenters. The van der Waals surface area contributed by atoms with Crippen LogP contribution < -0.4 is 19.7 Å². The Morgan fingerprint density at radius 3 is 2.27 bits per heavy atom. The lowest BCUT2D eigenvalue weighted by atomic mass is 10.1. The van der Waals surface area contributed by atoms with Gasteiger partial charge in [-0.25, -0.2) is 8.42 Å². The molecule has 26 heavy (non-hydrogen) atoms. The predicted octanol–water partition coefficient (Wildman–Crippen LogP) is 1.82. The van der Waals surface area contributed by atoms with Gasteiger partial charge in [0.25, 0.3) is 15.9 Å². The molecule has 138 valence electrons. The fourth-order valence-corrected chi connectivity index (χ4v) is 3.79. The van der Waals surface area contributed by atoms with Gasteiger partial charge in [-0.1, -0.05) is 6.07 Å². The number of hydrazine groups is 1. The number of methoxy groups -OCH3 is 2. The van der Waals surface area contributed by atoms with Crippen LogP contribution in [-0.2, 0) is 22.9 Å². The highest BCUT2D eigenvalue weighted by Crippen LogP contribution is 2.25. The zero-order valence-electron chi connectivity index (χ0n) is 14.5. The molecule has 0 aliphatic heterocycles. The fraction of sp³-hybridized carbons (Fsp3) is 0.278. The van der Waals surface area contributed by atoms with E-state index in [0.29, 0.717) is 11.5 Å². The first kappa shape index (κ1) is 18.2. The van der Waals surface area contributed by atoms with Gasteiger partial charge < -0.3 is 9.47 Å². The zero-order chi connectivity index (χ0) is 18.7. The van der Waals surface area contributed by atoms with E-state index in [9.17, 15) is 13.2 Å². The Kier molecular flexibility index (Phi) is 5.15. The monoisotopic (exact) mass is 376 g/mol. The van der Waals surface area contributed by atoms with E-state index < -0.39 is 15.9 Å². The predicted molar refractivity (Wildman–Crippen MR) is 95.8 cm³/mol. The Morgan fingerprint density at radius 1 is 0.962 bits per heavy atom. The highest BCUT2D eigenvalue weighted by molar-refractivity contribution is 7.89. The second kappa shape index (κ2) is 7.35. The second-order valence-corrected chi connectivity index (χ2v) is 7.63. The molecule has 0 fully saturated rings. The summed E-state index contributed by atoms with van der Waals surface area (Å²) >= 11 is 0. The van der Waals surface area contributed by atoms with Gasteiger partial charge in [0, 0.05) is 11.6 Å². The van der Waals surface area contributed by atoms with Crippen LogP contribution in [-0.4, -0.2) is 28.5 Å². The van der Waals surface area contributed by atoms with E-state index in [-0.39, 0.29) is 10.5 Å². The number of nitrogens with one attached hydrogen (secondary N) is 2. The molecule has 0 heterocycles. The van der Waals surface area contributed by atoms with E-state index in [1.54, 1.807) is 18.2 Å². The number of aryl methyl sites for hydroxylation is 2. The first-order valence-electron chi connectivity index (χ1n) is 8.10.